The van der Waals surface area contributed by atoms with Crippen molar-refractivity contribution in [2.45, 2.75) is 0 Å². The van der Waals surface area contributed by atoms with Crippen molar-refractivity contribution in [3.63, 3.8) is 0 Å². The molecule has 2 aromatic rings. The standard InChI is InChI=1S/C10H6N6/c11-4-9(5-12)15-14-8-1-2-10-7(3-8)6-13-16-10/h1-3,6,14H,(H,13,16). The Balaban J connectivity index is 2.26. The van der Waals surface area contributed by atoms with Crippen LogP contribution in [0.2, 0.25) is 0 Å². The zero-order valence-corrected chi connectivity index (χ0v) is 8.10. The van der Waals surface area contributed by atoms with Crippen molar-refractivity contribution in [2.75, 3.05) is 5.43 Å². The lowest BCUT2D eigenvalue weighted by Crippen LogP contribution is -1.95. The maximum atomic E-state index is 8.48. The third kappa shape index (κ3) is 1.81. The first kappa shape index (κ1) is 9.69. The Bertz CT molecular complexity index is 609. The molecule has 0 saturated carbocycles. The Morgan fingerprint density at radius 3 is 2.94 bits per heavy atom. The van der Waals surface area contributed by atoms with E-state index in [1.54, 1.807) is 24.4 Å². The maximum Gasteiger partial charge on any atom is 0.237 e. The number of nitrogens with zero attached hydrogens (tertiary/aromatic N) is 4. The van der Waals surface area contributed by atoms with E-state index in [9.17, 15) is 0 Å². The predicted molar refractivity (Wildman–Crippen MR) is 58.4 cm³/mol. The summed E-state index contributed by atoms with van der Waals surface area (Å²) in [5, 5.41) is 28.2. The van der Waals surface area contributed by atoms with Gasteiger partial charge in [0, 0.05) is 5.39 Å². The van der Waals surface area contributed by atoms with E-state index < -0.39 is 0 Å². The van der Waals surface area contributed by atoms with Crippen molar-refractivity contribution in [3.05, 3.63) is 24.4 Å². The first-order valence-corrected chi connectivity index (χ1v) is 4.40. The average molecular weight is 210 g/mol. The maximum absolute atomic E-state index is 8.48. The van der Waals surface area contributed by atoms with Crippen LogP contribution in [0.4, 0.5) is 5.69 Å². The lowest BCUT2D eigenvalue weighted by atomic mass is 10.2. The summed E-state index contributed by atoms with van der Waals surface area (Å²) in [5.74, 6) is 0. The molecule has 1 heterocycles. The summed E-state index contributed by atoms with van der Waals surface area (Å²) in [7, 11) is 0. The van der Waals surface area contributed by atoms with E-state index in [2.05, 4.69) is 20.7 Å². The molecule has 0 saturated heterocycles. The molecule has 0 unspecified atom stereocenters. The number of benzene rings is 1. The van der Waals surface area contributed by atoms with Gasteiger partial charge in [0.05, 0.1) is 17.4 Å². The molecule has 0 atom stereocenters. The van der Waals surface area contributed by atoms with E-state index in [4.69, 9.17) is 10.5 Å². The highest BCUT2D eigenvalue weighted by Gasteiger charge is 1.98. The van der Waals surface area contributed by atoms with Crippen molar-refractivity contribution in [2.24, 2.45) is 5.10 Å². The van der Waals surface area contributed by atoms with E-state index in [0.29, 0.717) is 5.69 Å². The van der Waals surface area contributed by atoms with Crippen LogP contribution >= 0.6 is 0 Å². The minimum atomic E-state index is -0.215. The van der Waals surface area contributed by atoms with E-state index in [-0.39, 0.29) is 5.71 Å². The Labute approximate surface area is 90.8 Å². The number of fused-ring (bicyclic) bond motifs is 1. The number of H-pyrrole nitrogens is 1. The second-order valence-electron chi connectivity index (χ2n) is 2.97. The summed E-state index contributed by atoms with van der Waals surface area (Å²) in [5.41, 5.74) is 4.02. The number of nitriles is 2. The summed E-state index contributed by atoms with van der Waals surface area (Å²) < 4.78 is 0. The number of aromatic nitrogens is 2. The van der Waals surface area contributed by atoms with Gasteiger partial charge in [-0.3, -0.25) is 10.5 Å². The van der Waals surface area contributed by atoms with Crippen LogP contribution in [-0.4, -0.2) is 15.9 Å². The fourth-order valence-electron chi connectivity index (χ4n) is 1.21. The van der Waals surface area contributed by atoms with E-state index in [1.807, 2.05) is 12.1 Å². The van der Waals surface area contributed by atoms with Gasteiger partial charge in [-0.1, -0.05) is 0 Å². The fraction of sp³-hybridized carbons (Fsp3) is 0. The van der Waals surface area contributed by atoms with Gasteiger partial charge in [-0.05, 0) is 18.2 Å². The molecule has 0 aliphatic rings. The minimum Gasteiger partial charge on any atom is -0.278 e. The molecule has 0 amide bonds. The molecule has 0 spiro atoms. The van der Waals surface area contributed by atoms with Crippen LogP contribution in [0.1, 0.15) is 0 Å². The van der Waals surface area contributed by atoms with Crippen LogP contribution in [0, 0.1) is 22.7 Å². The number of hydrazone groups is 1. The summed E-state index contributed by atoms with van der Waals surface area (Å²) >= 11 is 0. The Morgan fingerprint density at radius 1 is 1.38 bits per heavy atom. The number of rotatable bonds is 2. The molecular weight excluding hydrogens is 204 g/mol. The van der Waals surface area contributed by atoms with Crippen LogP contribution in [0.25, 0.3) is 10.9 Å². The monoisotopic (exact) mass is 210 g/mol. The molecule has 6 nitrogen and oxygen atoms in total. The highest BCUT2D eigenvalue weighted by molar-refractivity contribution is 6.10. The topological polar surface area (TPSA) is 101 Å². The van der Waals surface area contributed by atoms with Crippen LogP contribution in [-0.2, 0) is 0 Å². The normalized spacial score (nSPS) is 9.12. The minimum absolute atomic E-state index is 0.215. The molecule has 0 radical (unpaired) electrons. The molecule has 1 aromatic carbocycles. The van der Waals surface area contributed by atoms with Crippen molar-refractivity contribution in [1.29, 1.82) is 10.5 Å². The van der Waals surface area contributed by atoms with Gasteiger partial charge in [0.1, 0.15) is 12.1 Å². The molecule has 76 valence electrons. The summed E-state index contributed by atoms with van der Waals surface area (Å²) in [6.45, 7) is 0. The highest BCUT2D eigenvalue weighted by atomic mass is 15.3. The second-order valence-corrected chi connectivity index (χ2v) is 2.97. The van der Waals surface area contributed by atoms with E-state index in [1.165, 1.54) is 0 Å². The van der Waals surface area contributed by atoms with Crippen molar-refractivity contribution in [3.8, 4) is 12.1 Å². The summed E-state index contributed by atoms with van der Waals surface area (Å²) in [6, 6.07) is 8.74. The number of anilines is 1. The summed E-state index contributed by atoms with van der Waals surface area (Å²) in [4.78, 5) is 0. The van der Waals surface area contributed by atoms with Crippen molar-refractivity contribution >= 4 is 22.3 Å². The third-order valence-electron chi connectivity index (χ3n) is 1.95. The smallest absolute Gasteiger partial charge is 0.237 e. The van der Waals surface area contributed by atoms with Crippen molar-refractivity contribution < 1.29 is 0 Å². The van der Waals surface area contributed by atoms with Gasteiger partial charge in [0.2, 0.25) is 5.71 Å². The Hall–Kier alpha value is -2.86. The molecule has 0 fully saturated rings. The Kier molecular flexibility index (Phi) is 2.49. The number of hydrogen-bond donors (Lipinski definition) is 2. The largest absolute Gasteiger partial charge is 0.278 e. The molecule has 0 bridgehead atoms. The molecule has 16 heavy (non-hydrogen) atoms. The van der Waals surface area contributed by atoms with Crippen LogP contribution < -0.4 is 5.43 Å². The summed E-state index contributed by atoms with van der Waals surface area (Å²) in [6.07, 6.45) is 1.68. The quantitative estimate of drug-likeness (QED) is 0.577. The molecule has 6 heteroatoms. The molecule has 1 aromatic heterocycles. The van der Waals surface area contributed by atoms with Gasteiger partial charge in [0.25, 0.3) is 0 Å². The molecule has 0 aliphatic heterocycles. The highest BCUT2D eigenvalue weighted by Crippen LogP contribution is 2.16. The second kappa shape index (κ2) is 4.11. The van der Waals surface area contributed by atoms with Crippen LogP contribution in [0.5, 0.6) is 0 Å². The molecule has 2 rings (SSSR count). The zero-order valence-electron chi connectivity index (χ0n) is 8.10. The average Bonchev–Trinajstić information content (AvgIpc) is 2.77. The van der Waals surface area contributed by atoms with Gasteiger partial charge in [-0.25, -0.2) is 0 Å². The first-order valence-electron chi connectivity index (χ1n) is 4.40. The first-order chi connectivity index (χ1) is 7.83. The lowest BCUT2D eigenvalue weighted by molar-refractivity contribution is 1.12. The lowest BCUT2D eigenvalue weighted by Gasteiger charge is -1.98. The van der Waals surface area contributed by atoms with Gasteiger partial charge < -0.3 is 0 Å². The van der Waals surface area contributed by atoms with Gasteiger partial charge in [0.15, 0.2) is 0 Å². The Morgan fingerprint density at radius 2 is 2.19 bits per heavy atom. The number of hydrogen-bond acceptors (Lipinski definition) is 5. The number of nitrogens with one attached hydrogen (secondary N) is 2. The predicted octanol–water partition coefficient (Wildman–Crippen LogP) is 1.38. The fourth-order valence-corrected chi connectivity index (χ4v) is 1.21. The van der Waals surface area contributed by atoms with Gasteiger partial charge in [-0.2, -0.15) is 20.7 Å². The molecule has 2 N–H and O–H groups in total. The van der Waals surface area contributed by atoms with Gasteiger partial charge in [-0.15, -0.1) is 0 Å². The van der Waals surface area contributed by atoms with Crippen LogP contribution in [0.3, 0.4) is 0 Å². The molecular formula is C10H6N6. The third-order valence-corrected chi connectivity index (χ3v) is 1.95. The number of aromatic amines is 1. The van der Waals surface area contributed by atoms with E-state index >= 15 is 0 Å². The van der Waals surface area contributed by atoms with Crippen molar-refractivity contribution in [1.82, 2.24) is 10.2 Å². The SMILES string of the molecule is N#CC(C#N)=NNc1ccc2[nH]ncc2c1. The zero-order chi connectivity index (χ0) is 11.4. The van der Waals surface area contributed by atoms with Crippen LogP contribution in [0.15, 0.2) is 29.5 Å². The molecule has 0 aliphatic carbocycles. The van der Waals surface area contributed by atoms with Gasteiger partial charge >= 0.3 is 0 Å². The van der Waals surface area contributed by atoms with E-state index in [0.717, 1.165) is 10.9 Å².